The Labute approximate surface area is 112 Å². The first-order chi connectivity index (χ1) is 9.15. The molecule has 2 rings (SSSR count). The van der Waals surface area contributed by atoms with Crippen molar-refractivity contribution in [1.82, 2.24) is 10.6 Å². The maximum atomic E-state index is 12.7. The van der Waals surface area contributed by atoms with Gasteiger partial charge in [0.1, 0.15) is 11.6 Å². The Morgan fingerprint density at radius 1 is 1.47 bits per heavy atom. The van der Waals surface area contributed by atoms with Gasteiger partial charge in [0, 0.05) is 6.04 Å². The molecule has 0 bridgehead atoms. The van der Waals surface area contributed by atoms with Gasteiger partial charge in [-0.2, -0.15) is 0 Å². The van der Waals surface area contributed by atoms with E-state index in [1.165, 1.54) is 24.3 Å². The van der Waals surface area contributed by atoms with Crippen LogP contribution in [0.15, 0.2) is 24.3 Å². The molecule has 1 amide bonds. The van der Waals surface area contributed by atoms with Gasteiger partial charge in [-0.1, -0.05) is 6.92 Å². The number of halogens is 1. The average Bonchev–Trinajstić information content (AvgIpc) is 2.41. The Kier molecular flexibility index (Phi) is 4.74. The first-order valence-electron chi connectivity index (χ1n) is 6.53. The lowest BCUT2D eigenvalue weighted by molar-refractivity contribution is -0.124. The Hall–Kier alpha value is -1.62. The highest BCUT2D eigenvalue weighted by Gasteiger charge is 2.22. The average molecular weight is 266 g/mol. The molecule has 0 aliphatic carbocycles. The van der Waals surface area contributed by atoms with Crippen molar-refractivity contribution in [3.05, 3.63) is 30.1 Å². The second kappa shape index (κ2) is 6.52. The van der Waals surface area contributed by atoms with Gasteiger partial charge in [-0.15, -0.1) is 0 Å². The van der Waals surface area contributed by atoms with Crippen molar-refractivity contribution in [2.75, 3.05) is 19.7 Å². The zero-order valence-electron chi connectivity index (χ0n) is 11.0. The highest BCUT2D eigenvalue weighted by molar-refractivity contribution is 5.77. The molecule has 1 aromatic carbocycles. The Morgan fingerprint density at radius 2 is 2.21 bits per heavy atom. The van der Waals surface area contributed by atoms with Gasteiger partial charge in [0.05, 0.1) is 0 Å². The van der Waals surface area contributed by atoms with Gasteiger partial charge in [-0.3, -0.25) is 4.79 Å². The second-order valence-electron chi connectivity index (χ2n) is 4.89. The van der Waals surface area contributed by atoms with Crippen molar-refractivity contribution >= 4 is 5.91 Å². The number of hydrogen-bond acceptors (Lipinski definition) is 3. The minimum Gasteiger partial charge on any atom is -0.484 e. The molecule has 1 saturated heterocycles. The molecule has 2 atom stereocenters. The van der Waals surface area contributed by atoms with E-state index in [2.05, 4.69) is 17.6 Å². The Balaban J connectivity index is 1.76. The Bertz CT molecular complexity index is 422. The molecule has 104 valence electrons. The van der Waals surface area contributed by atoms with E-state index < -0.39 is 0 Å². The minimum atomic E-state index is -0.319. The van der Waals surface area contributed by atoms with Crippen LogP contribution in [0.25, 0.3) is 0 Å². The van der Waals surface area contributed by atoms with Gasteiger partial charge in [-0.25, -0.2) is 4.39 Å². The van der Waals surface area contributed by atoms with Crippen LogP contribution in [-0.4, -0.2) is 31.6 Å². The van der Waals surface area contributed by atoms with Gasteiger partial charge in [-0.05, 0) is 49.7 Å². The lowest BCUT2D eigenvalue weighted by Gasteiger charge is -2.30. The number of carbonyl (C=O) groups is 1. The zero-order chi connectivity index (χ0) is 13.7. The largest absolute Gasteiger partial charge is 0.484 e. The van der Waals surface area contributed by atoms with Crippen LogP contribution < -0.4 is 15.4 Å². The van der Waals surface area contributed by atoms with Crippen LogP contribution in [0.3, 0.4) is 0 Å². The third-order valence-electron chi connectivity index (χ3n) is 3.32. The number of nitrogens with one attached hydrogen (secondary N) is 2. The number of carbonyl (C=O) groups excluding carboxylic acids is 1. The van der Waals surface area contributed by atoms with Crippen molar-refractivity contribution in [3.8, 4) is 5.75 Å². The van der Waals surface area contributed by atoms with Crippen LogP contribution in [-0.2, 0) is 4.79 Å². The molecule has 1 fully saturated rings. The summed E-state index contributed by atoms with van der Waals surface area (Å²) in [6.45, 7) is 3.91. The number of ether oxygens (including phenoxy) is 1. The molecule has 19 heavy (non-hydrogen) atoms. The summed E-state index contributed by atoms with van der Waals surface area (Å²) in [6, 6.07) is 5.83. The predicted molar refractivity (Wildman–Crippen MR) is 70.5 cm³/mol. The van der Waals surface area contributed by atoms with Crippen molar-refractivity contribution < 1.29 is 13.9 Å². The molecule has 0 saturated carbocycles. The van der Waals surface area contributed by atoms with Crippen LogP contribution in [0.2, 0.25) is 0 Å². The highest BCUT2D eigenvalue weighted by Crippen LogP contribution is 2.12. The molecule has 1 aromatic rings. The standard InChI is InChI=1S/C14H19FN2O2/c1-10-8-16-7-6-13(10)17-14(18)9-19-12-4-2-11(15)3-5-12/h2-5,10,13,16H,6-9H2,1H3,(H,17,18). The number of hydrogen-bond donors (Lipinski definition) is 2. The minimum absolute atomic E-state index is 0.0394. The van der Waals surface area contributed by atoms with Crippen molar-refractivity contribution in [2.24, 2.45) is 5.92 Å². The van der Waals surface area contributed by atoms with Crippen LogP contribution in [0.4, 0.5) is 4.39 Å². The number of benzene rings is 1. The fourth-order valence-electron chi connectivity index (χ4n) is 2.16. The molecule has 0 radical (unpaired) electrons. The molecule has 0 aromatic heterocycles. The fraction of sp³-hybridized carbons (Fsp3) is 0.500. The van der Waals surface area contributed by atoms with Crippen molar-refractivity contribution in [3.63, 3.8) is 0 Å². The fourth-order valence-corrected chi connectivity index (χ4v) is 2.16. The Morgan fingerprint density at radius 3 is 2.89 bits per heavy atom. The molecular formula is C14H19FN2O2. The third-order valence-corrected chi connectivity index (χ3v) is 3.32. The summed E-state index contributed by atoms with van der Waals surface area (Å²) < 4.78 is 18.0. The van der Waals surface area contributed by atoms with Crippen LogP contribution in [0.5, 0.6) is 5.75 Å². The summed E-state index contributed by atoms with van der Waals surface area (Å²) in [5.41, 5.74) is 0. The predicted octanol–water partition coefficient (Wildman–Crippen LogP) is 1.32. The van der Waals surface area contributed by atoms with E-state index >= 15 is 0 Å². The lowest BCUT2D eigenvalue weighted by Crippen LogP contribution is -2.49. The van der Waals surface area contributed by atoms with Gasteiger partial charge < -0.3 is 15.4 Å². The molecule has 1 heterocycles. The van der Waals surface area contributed by atoms with Crippen molar-refractivity contribution in [1.29, 1.82) is 0 Å². The second-order valence-corrected chi connectivity index (χ2v) is 4.89. The summed E-state index contributed by atoms with van der Waals surface area (Å²) in [6.07, 6.45) is 0.934. The topological polar surface area (TPSA) is 50.4 Å². The molecule has 0 spiro atoms. The lowest BCUT2D eigenvalue weighted by atomic mass is 9.95. The molecule has 2 unspecified atom stereocenters. The van der Waals surface area contributed by atoms with E-state index in [9.17, 15) is 9.18 Å². The SMILES string of the molecule is CC1CNCCC1NC(=O)COc1ccc(F)cc1. The number of amides is 1. The summed E-state index contributed by atoms with van der Waals surface area (Å²) >= 11 is 0. The van der Waals surface area contributed by atoms with Crippen LogP contribution in [0.1, 0.15) is 13.3 Å². The van der Waals surface area contributed by atoms with E-state index in [1.807, 2.05) is 0 Å². The number of rotatable bonds is 4. The normalized spacial score (nSPS) is 22.8. The third kappa shape index (κ3) is 4.21. The molecule has 4 nitrogen and oxygen atoms in total. The summed E-state index contributed by atoms with van der Waals surface area (Å²) in [7, 11) is 0. The molecule has 5 heteroatoms. The van der Waals surface area contributed by atoms with Gasteiger partial charge in [0.25, 0.3) is 5.91 Å². The van der Waals surface area contributed by atoms with E-state index in [1.54, 1.807) is 0 Å². The highest BCUT2D eigenvalue weighted by atomic mass is 19.1. The maximum Gasteiger partial charge on any atom is 0.258 e. The molecule has 1 aliphatic rings. The quantitative estimate of drug-likeness (QED) is 0.864. The van der Waals surface area contributed by atoms with Gasteiger partial charge >= 0.3 is 0 Å². The molecule has 2 N–H and O–H groups in total. The van der Waals surface area contributed by atoms with E-state index in [-0.39, 0.29) is 24.4 Å². The first-order valence-corrected chi connectivity index (χ1v) is 6.53. The first kappa shape index (κ1) is 13.8. The maximum absolute atomic E-state index is 12.7. The van der Waals surface area contributed by atoms with E-state index in [0.29, 0.717) is 11.7 Å². The van der Waals surface area contributed by atoms with Crippen LogP contribution >= 0.6 is 0 Å². The smallest absolute Gasteiger partial charge is 0.258 e. The number of piperidine rings is 1. The molecular weight excluding hydrogens is 247 g/mol. The van der Waals surface area contributed by atoms with Crippen molar-refractivity contribution in [2.45, 2.75) is 19.4 Å². The molecule has 1 aliphatic heterocycles. The summed E-state index contributed by atoms with van der Waals surface area (Å²) in [4.78, 5) is 11.8. The van der Waals surface area contributed by atoms with Crippen LogP contribution in [0, 0.1) is 11.7 Å². The summed E-state index contributed by atoms with van der Waals surface area (Å²) in [5.74, 6) is 0.460. The van der Waals surface area contributed by atoms with Gasteiger partial charge in [0.2, 0.25) is 0 Å². The zero-order valence-corrected chi connectivity index (χ0v) is 11.0. The summed E-state index contributed by atoms with van der Waals surface area (Å²) in [5, 5.41) is 6.26. The monoisotopic (exact) mass is 266 g/mol. The van der Waals surface area contributed by atoms with E-state index in [0.717, 1.165) is 19.5 Å². The van der Waals surface area contributed by atoms with Gasteiger partial charge in [0.15, 0.2) is 6.61 Å². The van der Waals surface area contributed by atoms with E-state index in [4.69, 9.17) is 4.74 Å².